The van der Waals surface area contributed by atoms with E-state index in [4.69, 9.17) is 22.1 Å². The predicted octanol–water partition coefficient (Wildman–Crippen LogP) is 2.79. The van der Waals surface area contributed by atoms with Crippen LogP contribution in [0.1, 0.15) is 22.8 Å². The monoisotopic (exact) mass is 407 g/mol. The molecule has 10 heteroatoms. The molecule has 3 rings (SSSR count). The van der Waals surface area contributed by atoms with Crippen LogP contribution < -0.4 is 16.0 Å². The molecule has 28 heavy (non-hydrogen) atoms. The van der Waals surface area contributed by atoms with Gasteiger partial charge in [0.1, 0.15) is 35.7 Å². The van der Waals surface area contributed by atoms with E-state index in [0.717, 1.165) is 12.1 Å². The Kier molecular flexibility index (Phi) is 5.55. The fraction of sp³-hybridized carbons (Fsp3) is 0.222. The molecule has 0 fully saturated rings. The van der Waals surface area contributed by atoms with Crippen LogP contribution >= 0.6 is 11.6 Å². The van der Waals surface area contributed by atoms with Gasteiger partial charge in [-0.25, -0.2) is 18.7 Å². The Hall–Kier alpha value is -3.07. The van der Waals surface area contributed by atoms with Crippen LogP contribution in [0.3, 0.4) is 0 Å². The number of nitrogen functional groups attached to an aromatic ring is 1. The zero-order valence-electron chi connectivity index (χ0n) is 15.0. The highest BCUT2D eigenvalue weighted by Gasteiger charge is 2.16. The number of rotatable bonds is 5. The minimum absolute atomic E-state index is 0.0797. The van der Waals surface area contributed by atoms with Crippen LogP contribution in [-0.4, -0.2) is 19.5 Å². The number of hydrogen-bond acceptors (Lipinski definition) is 6. The van der Waals surface area contributed by atoms with Crippen LogP contribution in [0, 0.1) is 25.5 Å². The number of ether oxygens (including phenoxy) is 1. The number of nitrogens with two attached hydrogens (primary N) is 1. The molecule has 146 valence electrons. The summed E-state index contributed by atoms with van der Waals surface area (Å²) in [5.41, 5.74) is 5.96. The SMILES string of the molecule is Cc1ncc(Cn2c(C)nc(OCc3ccc(F)cc3F)c(Cl)c2=O)c(N)n1. The summed E-state index contributed by atoms with van der Waals surface area (Å²) >= 11 is 6.10. The molecule has 2 aromatic heterocycles. The molecule has 1 aromatic carbocycles. The second kappa shape index (κ2) is 7.89. The zero-order chi connectivity index (χ0) is 20.4. The van der Waals surface area contributed by atoms with E-state index in [0.29, 0.717) is 17.2 Å². The van der Waals surface area contributed by atoms with Gasteiger partial charge >= 0.3 is 0 Å². The molecule has 0 spiro atoms. The van der Waals surface area contributed by atoms with Gasteiger partial charge in [0, 0.05) is 23.4 Å². The summed E-state index contributed by atoms with van der Waals surface area (Å²) in [4.78, 5) is 24.9. The molecule has 0 saturated heterocycles. The van der Waals surface area contributed by atoms with Gasteiger partial charge in [0.2, 0.25) is 5.88 Å². The van der Waals surface area contributed by atoms with Crippen molar-refractivity contribution in [3.63, 3.8) is 0 Å². The Morgan fingerprint density at radius 3 is 2.64 bits per heavy atom. The number of hydrogen-bond donors (Lipinski definition) is 1. The van der Waals surface area contributed by atoms with E-state index in [1.165, 1.54) is 16.8 Å². The average Bonchev–Trinajstić information content (AvgIpc) is 2.63. The van der Waals surface area contributed by atoms with Crippen molar-refractivity contribution in [1.82, 2.24) is 19.5 Å². The highest BCUT2D eigenvalue weighted by Crippen LogP contribution is 2.21. The normalized spacial score (nSPS) is 10.9. The summed E-state index contributed by atoms with van der Waals surface area (Å²) in [5.74, 6) is -0.534. The van der Waals surface area contributed by atoms with Gasteiger partial charge in [-0.3, -0.25) is 9.36 Å². The van der Waals surface area contributed by atoms with Crippen molar-refractivity contribution < 1.29 is 13.5 Å². The van der Waals surface area contributed by atoms with Crippen molar-refractivity contribution in [2.45, 2.75) is 27.0 Å². The molecule has 0 unspecified atom stereocenters. The maximum atomic E-state index is 13.7. The van der Waals surface area contributed by atoms with Crippen LogP contribution in [-0.2, 0) is 13.2 Å². The minimum Gasteiger partial charge on any atom is -0.471 e. The van der Waals surface area contributed by atoms with E-state index in [1.807, 2.05) is 0 Å². The lowest BCUT2D eigenvalue weighted by Gasteiger charge is -2.14. The molecule has 0 aliphatic carbocycles. The fourth-order valence-corrected chi connectivity index (χ4v) is 2.68. The van der Waals surface area contributed by atoms with Crippen molar-refractivity contribution in [2.75, 3.05) is 5.73 Å². The minimum atomic E-state index is -0.768. The van der Waals surface area contributed by atoms with Crippen LogP contribution in [0.4, 0.5) is 14.6 Å². The van der Waals surface area contributed by atoms with Gasteiger partial charge in [-0.05, 0) is 26.0 Å². The lowest BCUT2D eigenvalue weighted by Crippen LogP contribution is -2.26. The second-order valence-corrected chi connectivity index (χ2v) is 6.40. The number of aryl methyl sites for hydroxylation is 2. The van der Waals surface area contributed by atoms with Crippen LogP contribution in [0.15, 0.2) is 29.2 Å². The molecule has 0 amide bonds. The summed E-state index contributed by atoms with van der Waals surface area (Å²) in [6.45, 7) is 3.11. The van der Waals surface area contributed by atoms with Crippen molar-refractivity contribution in [3.8, 4) is 5.88 Å². The van der Waals surface area contributed by atoms with E-state index in [2.05, 4.69) is 15.0 Å². The summed E-state index contributed by atoms with van der Waals surface area (Å²) in [6.07, 6.45) is 1.53. The maximum Gasteiger partial charge on any atom is 0.276 e. The van der Waals surface area contributed by atoms with Crippen molar-refractivity contribution in [2.24, 2.45) is 0 Å². The van der Waals surface area contributed by atoms with E-state index < -0.39 is 17.2 Å². The number of halogens is 3. The van der Waals surface area contributed by atoms with Gasteiger partial charge in [0.05, 0.1) is 6.54 Å². The predicted molar refractivity (Wildman–Crippen MR) is 99.2 cm³/mol. The molecule has 0 atom stereocenters. The van der Waals surface area contributed by atoms with Crippen LogP contribution in [0.25, 0.3) is 0 Å². The summed E-state index contributed by atoms with van der Waals surface area (Å²) in [5, 5.41) is -0.264. The molecule has 7 nitrogen and oxygen atoms in total. The van der Waals surface area contributed by atoms with E-state index in [9.17, 15) is 13.6 Å². The fourth-order valence-electron chi connectivity index (χ4n) is 2.48. The molecule has 0 radical (unpaired) electrons. The topological polar surface area (TPSA) is 95.9 Å². The highest BCUT2D eigenvalue weighted by molar-refractivity contribution is 6.31. The second-order valence-electron chi connectivity index (χ2n) is 6.02. The van der Waals surface area contributed by atoms with E-state index in [1.54, 1.807) is 13.8 Å². The van der Waals surface area contributed by atoms with Gasteiger partial charge in [-0.15, -0.1) is 0 Å². The van der Waals surface area contributed by atoms with E-state index in [-0.39, 0.29) is 35.4 Å². The Balaban J connectivity index is 1.86. The first-order chi connectivity index (χ1) is 13.3. The van der Waals surface area contributed by atoms with Crippen LogP contribution in [0.2, 0.25) is 5.02 Å². The van der Waals surface area contributed by atoms with Gasteiger partial charge in [0.25, 0.3) is 5.56 Å². The standard InChI is InChI=1S/C18H16ClF2N5O2/c1-9-23-6-12(16(22)24-9)7-26-10(2)25-17(15(19)18(26)27)28-8-11-3-4-13(20)5-14(11)21/h3-6H,7-8H2,1-2H3,(H2,22,23,24). The van der Waals surface area contributed by atoms with E-state index >= 15 is 0 Å². The molecule has 0 saturated carbocycles. The maximum absolute atomic E-state index is 13.7. The Morgan fingerprint density at radius 2 is 1.96 bits per heavy atom. The number of aromatic nitrogens is 4. The third kappa shape index (κ3) is 4.09. The summed E-state index contributed by atoms with van der Waals surface area (Å²) < 4.78 is 33.4. The number of benzene rings is 1. The number of anilines is 1. The highest BCUT2D eigenvalue weighted by atomic mass is 35.5. The Morgan fingerprint density at radius 1 is 1.21 bits per heavy atom. The number of nitrogens with zero attached hydrogens (tertiary/aromatic N) is 4. The van der Waals surface area contributed by atoms with Crippen molar-refractivity contribution >= 4 is 17.4 Å². The van der Waals surface area contributed by atoms with Gasteiger partial charge in [-0.2, -0.15) is 4.98 Å². The quantitative estimate of drug-likeness (QED) is 0.698. The molecule has 2 heterocycles. The third-order valence-corrected chi connectivity index (χ3v) is 4.32. The zero-order valence-corrected chi connectivity index (χ0v) is 15.8. The largest absolute Gasteiger partial charge is 0.471 e. The smallest absolute Gasteiger partial charge is 0.276 e. The summed E-state index contributed by atoms with van der Waals surface area (Å²) in [6, 6.07) is 3.09. The molecule has 0 aliphatic heterocycles. The molecular weight excluding hydrogens is 392 g/mol. The van der Waals surface area contributed by atoms with Gasteiger partial charge in [0.15, 0.2) is 5.02 Å². The molecular formula is C18H16ClF2N5O2. The first kappa shape index (κ1) is 19.7. The Labute approximate surface area is 163 Å². The lowest BCUT2D eigenvalue weighted by molar-refractivity contribution is 0.285. The van der Waals surface area contributed by atoms with Crippen molar-refractivity contribution in [3.05, 3.63) is 74.2 Å². The molecule has 3 aromatic rings. The molecule has 0 bridgehead atoms. The molecule has 2 N–H and O–H groups in total. The van der Waals surface area contributed by atoms with Crippen molar-refractivity contribution in [1.29, 1.82) is 0 Å². The average molecular weight is 408 g/mol. The first-order valence-electron chi connectivity index (χ1n) is 8.18. The summed E-state index contributed by atoms with van der Waals surface area (Å²) in [7, 11) is 0. The third-order valence-electron chi connectivity index (χ3n) is 4.00. The Bertz CT molecular complexity index is 1100. The van der Waals surface area contributed by atoms with Gasteiger partial charge < -0.3 is 10.5 Å². The first-order valence-corrected chi connectivity index (χ1v) is 8.55. The van der Waals surface area contributed by atoms with Gasteiger partial charge in [-0.1, -0.05) is 11.6 Å². The lowest BCUT2D eigenvalue weighted by atomic mass is 10.2. The van der Waals surface area contributed by atoms with Crippen LogP contribution in [0.5, 0.6) is 5.88 Å². The molecule has 0 aliphatic rings.